The number of amides is 1. The summed E-state index contributed by atoms with van der Waals surface area (Å²) >= 11 is 0. The SMILES string of the molecule is CC(NC(=O)c1cn(C)c2ccc(F)cc2c1=O)c1ccc(F)cc1. The maximum absolute atomic E-state index is 13.5. The average molecular weight is 342 g/mol. The summed E-state index contributed by atoms with van der Waals surface area (Å²) < 4.78 is 28.1. The molecule has 1 aromatic heterocycles. The number of aromatic nitrogens is 1. The molecule has 0 saturated heterocycles. The van der Waals surface area contributed by atoms with E-state index < -0.39 is 23.2 Å². The van der Waals surface area contributed by atoms with Crippen molar-refractivity contribution in [2.24, 2.45) is 7.05 Å². The lowest BCUT2D eigenvalue weighted by atomic mass is 10.1. The molecule has 0 saturated carbocycles. The first kappa shape index (κ1) is 16.8. The van der Waals surface area contributed by atoms with Crippen LogP contribution in [0.2, 0.25) is 0 Å². The van der Waals surface area contributed by atoms with Gasteiger partial charge in [-0.1, -0.05) is 12.1 Å². The molecule has 3 rings (SSSR count). The fourth-order valence-electron chi connectivity index (χ4n) is 2.74. The van der Waals surface area contributed by atoms with Crippen LogP contribution in [-0.2, 0) is 7.05 Å². The van der Waals surface area contributed by atoms with Crippen LogP contribution in [0.25, 0.3) is 10.9 Å². The first-order valence-corrected chi connectivity index (χ1v) is 7.72. The maximum Gasteiger partial charge on any atom is 0.257 e. The number of pyridine rings is 1. The van der Waals surface area contributed by atoms with Crippen LogP contribution in [0.15, 0.2) is 53.5 Å². The van der Waals surface area contributed by atoms with Crippen molar-refractivity contribution >= 4 is 16.8 Å². The van der Waals surface area contributed by atoms with Gasteiger partial charge in [-0.15, -0.1) is 0 Å². The predicted octanol–water partition coefficient (Wildman–Crippen LogP) is 3.31. The first-order valence-electron chi connectivity index (χ1n) is 7.72. The highest BCUT2D eigenvalue weighted by Gasteiger charge is 2.17. The lowest BCUT2D eigenvalue weighted by Gasteiger charge is -2.15. The van der Waals surface area contributed by atoms with Crippen LogP contribution < -0.4 is 10.7 Å². The topological polar surface area (TPSA) is 51.1 Å². The summed E-state index contributed by atoms with van der Waals surface area (Å²) in [6, 6.07) is 9.19. The molecule has 1 atom stereocenters. The van der Waals surface area contributed by atoms with E-state index in [2.05, 4.69) is 5.32 Å². The van der Waals surface area contributed by atoms with Crippen molar-refractivity contribution in [2.45, 2.75) is 13.0 Å². The normalized spacial score (nSPS) is 12.2. The largest absolute Gasteiger partial charge is 0.350 e. The van der Waals surface area contributed by atoms with Crippen LogP contribution >= 0.6 is 0 Å². The smallest absolute Gasteiger partial charge is 0.257 e. The minimum absolute atomic E-state index is 0.0745. The highest BCUT2D eigenvalue weighted by molar-refractivity contribution is 5.97. The Bertz CT molecular complexity index is 1010. The van der Waals surface area contributed by atoms with Crippen LogP contribution in [0.5, 0.6) is 0 Å². The Morgan fingerprint density at radius 3 is 2.40 bits per heavy atom. The first-order chi connectivity index (χ1) is 11.9. The number of nitrogens with zero attached hydrogens (tertiary/aromatic N) is 1. The Hall–Kier alpha value is -3.02. The van der Waals surface area contributed by atoms with Crippen molar-refractivity contribution < 1.29 is 13.6 Å². The Morgan fingerprint density at radius 1 is 1.08 bits per heavy atom. The molecule has 1 heterocycles. The fourth-order valence-corrected chi connectivity index (χ4v) is 2.74. The summed E-state index contributed by atoms with van der Waals surface area (Å²) in [7, 11) is 1.68. The zero-order valence-corrected chi connectivity index (χ0v) is 13.7. The van der Waals surface area contributed by atoms with Gasteiger partial charge in [0.15, 0.2) is 0 Å². The van der Waals surface area contributed by atoms with Crippen LogP contribution in [0.3, 0.4) is 0 Å². The van der Waals surface area contributed by atoms with Crippen molar-refractivity contribution in [1.82, 2.24) is 9.88 Å². The second kappa shape index (κ2) is 6.47. The van der Waals surface area contributed by atoms with Gasteiger partial charge in [-0.05, 0) is 42.8 Å². The summed E-state index contributed by atoms with van der Waals surface area (Å²) in [5.41, 5.74) is 0.638. The predicted molar refractivity (Wildman–Crippen MR) is 91.4 cm³/mol. The molecular weight excluding hydrogens is 326 g/mol. The van der Waals surface area contributed by atoms with Gasteiger partial charge < -0.3 is 9.88 Å². The Morgan fingerprint density at radius 2 is 1.72 bits per heavy atom. The molecule has 0 aliphatic heterocycles. The number of hydrogen-bond donors (Lipinski definition) is 1. The van der Waals surface area contributed by atoms with E-state index in [1.807, 2.05) is 0 Å². The molecule has 128 valence electrons. The van der Waals surface area contributed by atoms with Gasteiger partial charge in [0.1, 0.15) is 17.2 Å². The van der Waals surface area contributed by atoms with Gasteiger partial charge in [0.2, 0.25) is 5.43 Å². The third-order valence-corrected chi connectivity index (χ3v) is 4.11. The number of benzene rings is 2. The zero-order chi connectivity index (χ0) is 18.1. The van der Waals surface area contributed by atoms with Gasteiger partial charge >= 0.3 is 0 Å². The number of aryl methyl sites for hydroxylation is 1. The van der Waals surface area contributed by atoms with Crippen LogP contribution in [0.1, 0.15) is 28.9 Å². The molecule has 0 radical (unpaired) electrons. The van der Waals surface area contributed by atoms with Gasteiger partial charge in [-0.25, -0.2) is 8.78 Å². The second-order valence-electron chi connectivity index (χ2n) is 5.89. The third kappa shape index (κ3) is 3.28. The van der Waals surface area contributed by atoms with E-state index in [4.69, 9.17) is 0 Å². The Kier molecular flexibility index (Phi) is 4.35. The molecule has 1 amide bonds. The molecule has 1 N–H and O–H groups in total. The molecule has 0 aliphatic rings. The molecule has 0 spiro atoms. The summed E-state index contributed by atoms with van der Waals surface area (Å²) in [5.74, 6) is -1.47. The lowest BCUT2D eigenvalue weighted by Crippen LogP contribution is -2.31. The van der Waals surface area contributed by atoms with Crippen molar-refractivity contribution in [3.05, 3.63) is 81.6 Å². The van der Waals surface area contributed by atoms with Crippen molar-refractivity contribution in [2.75, 3.05) is 0 Å². The van der Waals surface area contributed by atoms with E-state index >= 15 is 0 Å². The number of fused-ring (bicyclic) bond motifs is 1. The van der Waals surface area contributed by atoms with Gasteiger partial charge in [0, 0.05) is 18.6 Å². The van der Waals surface area contributed by atoms with E-state index in [0.29, 0.717) is 11.1 Å². The quantitative estimate of drug-likeness (QED) is 0.794. The summed E-state index contributed by atoms with van der Waals surface area (Å²) in [5, 5.41) is 2.85. The zero-order valence-electron chi connectivity index (χ0n) is 13.7. The van der Waals surface area contributed by atoms with Crippen molar-refractivity contribution in [1.29, 1.82) is 0 Å². The third-order valence-electron chi connectivity index (χ3n) is 4.11. The van der Waals surface area contributed by atoms with Crippen molar-refractivity contribution in [3.8, 4) is 0 Å². The lowest BCUT2D eigenvalue weighted by molar-refractivity contribution is 0.0938. The molecule has 3 aromatic rings. The summed E-state index contributed by atoms with van der Waals surface area (Å²) in [6.07, 6.45) is 1.43. The number of nitrogens with one attached hydrogen (secondary N) is 1. The van der Waals surface area contributed by atoms with Crippen molar-refractivity contribution in [3.63, 3.8) is 0 Å². The summed E-state index contributed by atoms with van der Waals surface area (Å²) in [4.78, 5) is 25.1. The highest BCUT2D eigenvalue weighted by Crippen LogP contribution is 2.15. The number of carbonyl (C=O) groups excluding carboxylic acids is 1. The average Bonchev–Trinajstić information content (AvgIpc) is 2.58. The molecular formula is C19H16F2N2O2. The molecule has 25 heavy (non-hydrogen) atoms. The summed E-state index contributed by atoms with van der Waals surface area (Å²) in [6.45, 7) is 1.73. The minimum Gasteiger partial charge on any atom is -0.350 e. The molecule has 6 heteroatoms. The van der Waals surface area contributed by atoms with E-state index in [1.54, 1.807) is 30.7 Å². The maximum atomic E-state index is 13.5. The molecule has 0 bridgehead atoms. The van der Waals surface area contributed by atoms with Gasteiger partial charge in [-0.2, -0.15) is 0 Å². The minimum atomic E-state index is -0.566. The number of hydrogen-bond acceptors (Lipinski definition) is 2. The molecule has 1 unspecified atom stereocenters. The molecule has 4 nitrogen and oxygen atoms in total. The van der Waals surface area contributed by atoms with E-state index in [0.717, 1.165) is 6.07 Å². The molecule has 2 aromatic carbocycles. The Balaban J connectivity index is 1.95. The van der Waals surface area contributed by atoms with Gasteiger partial charge in [-0.3, -0.25) is 9.59 Å². The van der Waals surface area contributed by atoms with E-state index in [9.17, 15) is 18.4 Å². The second-order valence-corrected chi connectivity index (χ2v) is 5.89. The van der Waals surface area contributed by atoms with E-state index in [-0.39, 0.29) is 16.8 Å². The highest BCUT2D eigenvalue weighted by atomic mass is 19.1. The standard InChI is InChI=1S/C19H16F2N2O2/c1-11(12-3-5-13(20)6-4-12)22-19(25)16-10-23(2)17-8-7-14(21)9-15(17)18(16)24/h3-11H,1-2H3,(H,22,25). The fraction of sp³-hybridized carbons (Fsp3) is 0.158. The van der Waals surface area contributed by atoms with E-state index in [1.165, 1.54) is 30.5 Å². The van der Waals surface area contributed by atoms with Gasteiger partial charge in [0.05, 0.1) is 11.6 Å². The molecule has 0 fully saturated rings. The molecule has 0 aliphatic carbocycles. The van der Waals surface area contributed by atoms with Gasteiger partial charge in [0.25, 0.3) is 5.91 Å². The number of carbonyl (C=O) groups is 1. The number of halogens is 2. The van der Waals surface area contributed by atoms with Crippen LogP contribution in [0.4, 0.5) is 8.78 Å². The Labute approximate surface area is 142 Å². The van der Waals surface area contributed by atoms with Crippen LogP contribution in [0, 0.1) is 11.6 Å². The monoisotopic (exact) mass is 342 g/mol. The number of rotatable bonds is 3. The van der Waals surface area contributed by atoms with Crippen LogP contribution in [-0.4, -0.2) is 10.5 Å².